The van der Waals surface area contributed by atoms with Crippen molar-refractivity contribution in [1.29, 1.82) is 0 Å². The number of nitrogens with one attached hydrogen (secondary N) is 1. The maximum atomic E-state index is 12.6. The molecule has 0 unspecified atom stereocenters. The van der Waals surface area contributed by atoms with E-state index in [0.29, 0.717) is 4.96 Å². The quantitative estimate of drug-likeness (QED) is 0.693. The average molecular weight is 321 g/mol. The lowest BCUT2D eigenvalue weighted by Gasteiger charge is -2.17. The first-order chi connectivity index (χ1) is 10.2. The lowest BCUT2D eigenvalue weighted by Crippen LogP contribution is -2.33. The van der Waals surface area contributed by atoms with Crippen molar-refractivity contribution in [2.75, 3.05) is 6.61 Å². The molecule has 6 nitrogen and oxygen atoms in total. The van der Waals surface area contributed by atoms with Crippen LogP contribution in [0, 0.1) is 0 Å². The van der Waals surface area contributed by atoms with Crippen LogP contribution in [0.15, 0.2) is 28.5 Å². The monoisotopic (exact) mass is 321 g/mol. The normalized spacial score (nSPS) is 11.6. The van der Waals surface area contributed by atoms with Gasteiger partial charge in [0.15, 0.2) is 4.96 Å². The maximum Gasteiger partial charge on any atom is 0.282 e. The number of hydroxylamine groups is 1. The molecule has 22 heavy (non-hydrogen) atoms. The van der Waals surface area contributed by atoms with Gasteiger partial charge < -0.3 is 0 Å². The van der Waals surface area contributed by atoms with Gasteiger partial charge in [0, 0.05) is 22.7 Å². The van der Waals surface area contributed by atoms with Crippen molar-refractivity contribution in [3.8, 4) is 0 Å². The first kappa shape index (κ1) is 16.4. The predicted octanol–water partition coefficient (Wildman–Crippen LogP) is 2.29. The van der Waals surface area contributed by atoms with E-state index in [2.05, 4.69) is 17.0 Å². The predicted molar refractivity (Wildman–Crippen MR) is 86.3 cm³/mol. The van der Waals surface area contributed by atoms with Crippen molar-refractivity contribution < 1.29 is 9.63 Å². The van der Waals surface area contributed by atoms with Gasteiger partial charge in [-0.15, -0.1) is 11.3 Å². The number of carbonyl (C=O) groups excluding carboxylic acids is 1. The van der Waals surface area contributed by atoms with Crippen molar-refractivity contribution in [3.63, 3.8) is 0 Å². The van der Waals surface area contributed by atoms with Crippen molar-refractivity contribution in [2.24, 2.45) is 0 Å². The third kappa shape index (κ3) is 3.26. The summed E-state index contributed by atoms with van der Waals surface area (Å²) in [6.45, 7) is 11.6. The van der Waals surface area contributed by atoms with Crippen molar-refractivity contribution >= 4 is 22.2 Å². The Balaban J connectivity index is 2.40. The van der Waals surface area contributed by atoms with Gasteiger partial charge in [-0.05, 0) is 6.92 Å². The highest BCUT2D eigenvalue weighted by Crippen LogP contribution is 2.25. The number of carbonyl (C=O) groups is 1. The third-order valence-electron chi connectivity index (χ3n) is 2.94. The number of nitrogens with zero attached hydrogens (tertiary/aromatic N) is 2. The Morgan fingerprint density at radius 1 is 1.50 bits per heavy atom. The Bertz CT molecular complexity index is 783. The fourth-order valence-corrected chi connectivity index (χ4v) is 2.92. The lowest BCUT2D eigenvalue weighted by molar-refractivity contribution is 0.0399. The molecule has 1 amide bonds. The van der Waals surface area contributed by atoms with Crippen LogP contribution in [0.1, 0.15) is 43.7 Å². The van der Waals surface area contributed by atoms with E-state index in [9.17, 15) is 9.59 Å². The second-order valence-corrected chi connectivity index (χ2v) is 6.98. The molecule has 0 aromatic carbocycles. The molecule has 0 bridgehead atoms. The summed E-state index contributed by atoms with van der Waals surface area (Å²) in [5.41, 5.74) is 3.15. The van der Waals surface area contributed by atoms with Crippen LogP contribution in [-0.4, -0.2) is 21.9 Å². The van der Waals surface area contributed by atoms with E-state index >= 15 is 0 Å². The number of rotatable bonds is 4. The maximum absolute atomic E-state index is 12.6. The second-order valence-electron chi connectivity index (χ2n) is 6.14. The number of fused-ring (bicyclic) bond motifs is 1. The summed E-state index contributed by atoms with van der Waals surface area (Å²) < 4.78 is 1.48. The Kier molecular flexibility index (Phi) is 4.48. The molecule has 2 heterocycles. The molecule has 0 atom stereocenters. The molecule has 7 heteroatoms. The van der Waals surface area contributed by atoms with Crippen LogP contribution in [0.5, 0.6) is 0 Å². The van der Waals surface area contributed by atoms with E-state index in [1.807, 2.05) is 26.2 Å². The fourth-order valence-electron chi connectivity index (χ4n) is 1.84. The van der Waals surface area contributed by atoms with Gasteiger partial charge in [-0.2, -0.15) is 0 Å². The standard InChI is InChI=1S/C15H19N3O3S/c1-9(2)7-21-17-12(19)10-6-16-14-18(13(10)20)11(8-22-14)15(3,4)5/h6,8H,1,7H2,2-5H3,(H,17,19). The van der Waals surface area contributed by atoms with Crippen molar-refractivity contribution in [2.45, 2.75) is 33.1 Å². The SMILES string of the molecule is C=C(C)CONC(=O)c1cnc2scc(C(C)(C)C)n2c1=O. The Hall–Kier alpha value is -1.99. The average Bonchev–Trinajstić information content (AvgIpc) is 2.83. The molecule has 118 valence electrons. The highest BCUT2D eigenvalue weighted by atomic mass is 32.1. The molecule has 0 saturated heterocycles. The molecule has 2 rings (SSSR count). The number of amides is 1. The minimum absolute atomic E-state index is 0.0527. The van der Waals surface area contributed by atoms with Gasteiger partial charge in [-0.3, -0.25) is 18.8 Å². The van der Waals surface area contributed by atoms with E-state index < -0.39 is 11.5 Å². The number of thiazole rings is 1. The summed E-state index contributed by atoms with van der Waals surface area (Å²) in [6.07, 6.45) is 1.28. The van der Waals surface area contributed by atoms with Gasteiger partial charge >= 0.3 is 0 Å². The van der Waals surface area contributed by atoms with E-state index in [0.717, 1.165) is 11.3 Å². The topological polar surface area (TPSA) is 72.7 Å². The van der Waals surface area contributed by atoms with Gasteiger partial charge in [0.05, 0.1) is 6.61 Å². The second kappa shape index (κ2) is 6.02. The van der Waals surface area contributed by atoms with Crippen LogP contribution in [0.3, 0.4) is 0 Å². The van der Waals surface area contributed by atoms with Gasteiger partial charge in [0.1, 0.15) is 5.56 Å². The fraction of sp³-hybridized carbons (Fsp3) is 0.400. The molecular formula is C15H19N3O3S. The summed E-state index contributed by atoms with van der Waals surface area (Å²) in [7, 11) is 0. The highest BCUT2D eigenvalue weighted by molar-refractivity contribution is 7.15. The molecule has 0 spiro atoms. The number of hydrogen-bond donors (Lipinski definition) is 1. The third-order valence-corrected chi connectivity index (χ3v) is 3.78. The molecule has 0 saturated carbocycles. The van der Waals surface area contributed by atoms with E-state index in [1.165, 1.54) is 21.9 Å². The van der Waals surface area contributed by atoms with Crippen LogP contribution < -0.4 is 11.0 Å². The zero-order valence-electron chi connectivity index (χ0n) is 13.1. The van der Waals surface area contributed by atoms with E-state index in [4.69, 9.17) is 4.84 Å². The zero-order chi connectivity index (χ0) is 16.5. The molecule has 0 radical (unpaired) electrons. The van der Waals surface area contributed by atoms with Gasteiger partial charge in [0.2, 0.25) is 0 Å². The van der Waals surface area contributed by atoms with Crippen LogP contribution in [0.25, 0.3) is 4.96 Å². The molecule has 1 N–H and O–H groups in total. The Morgan fingerprint density at radius 3 is 2.77 bits per heavy atom. The molecule has 0 aliphatic heterocycles. The van der Waals surface area contributed by atoms with E-state index in [-0.39, 0.29) is 17.6 Å². The minimum atomic E-state index is -0.612. The van der Waals surface area contributed by atoms with Gasteiger partial charge in [-0.1, -0.05) is 32.9 Å². The van der Waals surface area contributed by atoms with Crippen molar-refractivity contribution in [1.82, 2.24) is 14.9 Å². The minimum Gasteiger partial charge on any atom is -0.269 e. The molecule has 2 aromatic rings. The summed E-state index contributed by atoms with van der Waals surface area (Å²) in [5.74, 6) is -0.612. The van der Waals surface area contributed by atoms with Crippen LogP contribution in [0.4, 0.5) is 0 Å². The summed E-state index contributed by atoms with van der Waals surface area (Å²) in [6, 6.07) is 0. The number of hydrogen-bond acceptors (Lipinski definition) is 5. The largest absolute Gasteiger partial charge is 0.282 e. The molecule has 0 aliphatic carbocycles. The summed E-state index contributed by atoms with van der Waals surface area (Å²) >= 11 is 1.37. The first-order valence-corrected chi connectivity index (χ1v) is 7.66. The molecular weight excluding hydrogens is 302 g/mol. The zero-order valence-corrected chi connectivity index (χ0v) is 13.9. The summed E-state index contributed by atoms with van der Waals surface area (Å²) in [4.78, 5) is 34.4. The molecule has 0 fully saturated rings. The highest BCUT2D eigenvalue weighted by Gasteiger charge is 2.22. The smallest absolute Gasteiger partial charge is 0.269 e. The van der Waals surface area contributed by atoms with Crippen molar-refractivity contribution in [3.05, 3.63) is 45.3 Å². The first-order valence-electron chi connectivity index (χ1n) is 6.78. The molecule has 0 aliphatic rings. The Labute approximate surface area is 132 Å². The van der Waals surface area contributed by atoms with E-state index in [1.54, 1.807) is 6.92 Å². The summed E-state index contributed by atoms with van der Waals surface area (Å²) in [5, 5.41) is 1.89. The van der Waals surface area contributed by atoms with Crippen LogP contribution >= 0.6 is 11.3 Å². The van der Waals surface area contributed by atoms with Crippen LogP contribution in [-0.2, 0) is 10.3 Å². The van der Waals surface area contributed by atoms with Gasteiger partial charge in [-0.25, -0.2) is 10.5 Å². The lowest BCUT2D eigenvalue weighted by atomic mass is 9.93. The van der Waals surface area contributed by atoms with Gasteiger partial charge in [0.25, 0.3) is 11.5 Å². The molecule has 2 aromatic heterocycles. The number of aromatic nitrogens is 2. The Morgan fingerprint density at radius 2 is 2.18 bits per heavy atom. The van der Waals surface area contributed by atoms with Crippen LogP contribution in [0.2, 0.25) is 0 Å².